The normalized spacial score (nSPS) is 13.8. The largest absolute Gasteiger partial charge is 0.324 e. The molecular weight excluding hydrogens is 318 g/mol. The van der Waals surface area contributed by atoms with Gasteiger partial charge in [0, 0.05) is 25.0 Å². The van der Waals surface area contributed by atoms with E-state index in [1.165, 1.54) is 15.2 Å². The third kappa shape index (κ3) is 2.90. The molecule has 8 heteroatoms. The molecule has 1 atom stereocenters. The summed E-state index contributed by atoms with van der Waals surface area (Å²) >= 11 is 7.60. The fourth-order valence-electron chi connectivity index (χ4n) is 1.79. The van der Waals surface area contributed by atoms with Crippen molar-refractivity contribution in [3.8, 4) is 0 Å². The van der Waals surface area contributed by atoms with Gasteiger partial charge in [0.1, 0.15) is 5.15 Å². The lowest BCUT2D eigenvalue weighted by atomic mass is 10.2. The van der Waals surface area contributed by atoms with Crippen LogP contribution in [-0.2, 0) is 23.5 Å². The van der Waals surface area contributed by atoms with Crippen molar-refractivity contribution < 1.29 is 8.42 Å². The van der Waals surface area contributed by atoms with Gasteiger partial charge in [0.2, 0.25) is 5.03 Å². The van der Waals surface area contributed by atoms with Crippen molar-refractivity contribution >= 4 is 33.0 Å². The fourth-order valence-corrected chi connectivity index (χ4v) is 4.36. The van der Waals surface area contributed by atoms with E-state index in [2.05, 4.69) is 4.98 Å². The van der Waals surface area contributed by atoms with Gasteiger partial charge in [-0.05, 0) is 24.8 Å². The molecular formula is C12H16ClN3O2S2. The van der Waals surface area contributed by atoms with Gasteiger partial charge >= 0.3 is 0 Å². The van der Waals surface area contributed by atoms with Crippen molar-refractivity contribution in [2.24, 2.45) is 7.05 Å². The lowest BCUT2D eigenvalue weighted by Crippen LogP contribution is -2.36. The lowest BCUT2D eigenvalue weighted by molar-refractivity contribution is 0.387. The highest BCUT2D eigenvalue weighted by Crippen LogP contribution is 2.24. The molecule has 0 aromatic carbocycles. The Balaban J connectivity index is 2.23. The Bertz CT molecular complexity index is 680. The molecule has 2 aromatic heterocycles. The third-order valence-electron chi connectivity index (χ3n) is 3.16. The van der Waals surface area contributed by atoms with Crippen LogP contribution < -0.4 is 0 Å². The maximum atomic E-state index is 12.5. The number of hydrogen-bond donors (Lipinski definition) is 0. The molecule has 0 radical (unpaired) electrons. The van der Waals surface area contributed by atoms with Gasteiger partial charge in [-0.3, -0.25) is 0 Å². The van der Waals surface area contributed by atoms with Crippen LogP contribution in [0.15, 0.2) is 28.9 Å². The van der Waals surface area contributed by atoms with Gasteiger partial charge < -0.3 is 4.57 Å². The Labute approximate surface area is 127 Å². The highest BCUT2D eigenvalue weighted by molar-refractivity contribution is 7.89. The molecule has 1 unspecified atom stereocenters. The fraction of sp³-hybridized carbons (Fsp3) is 0.417. The Morgan fingerprint density at radius 2 is 2.25 bits per heavy atom. The Morgan fingerprint density at radius 3 is 2.75 bits per heavy atom. The van der Waals surface area contributed by atoms with E-state index < -0.39 is 10.0 Å². The van der Waals surface area contributed by atoms with Gasteiger partial charge in [-0.2, -0.15) is 4.31 Å². The van der Waals surface area contributed by atoms with Crippen molar-refractivity contribution in [2.75, 3.05) is 7.05 Å². The summed E-state index contributed by atoms with van der Waals surface area (Å²) in [6.07, 6.45) is 2.06. The van der Waals surface area contributed by atoms with Crippen LogP contribution in [0, 0.1) is 0 Å². The van der Waals surface area contributed by atoms with Gasteiger partial charge in [-0.1, -0.05) is 17.7 Å². The van der Waals surface area contributed by atoms with Crippen LogP contribution in [-0.4, -0.2) is 35.4 Å². The predicted octanol–water partition coefficient (Wildman–Crippen LogP) is 2.39. The van der Waals surface area contributed by atoms with E-state index >= 15 is 0 Å². The topological polar surface area (TPSA) is 55.2 Å². The van der Waals surface area contributed by atoms with E-state index in [9.17, 15) is 8.42 Å². The Morgan fingerprint density at radius 1 is 1.55 bits per heavy atom. The Hall–Kier alpha value is -0.890. The number of aryl methyl sites for hydroxylation is 1. The van der Waals surface area contributed by atoms with Crippen LogP contribution in [0.4, 0.5) is 0 Å². The van der Waals surface area contributed by atoms with Crippen molar-refractivity contribution in [2.45, 2.75) is 24.4 Å². The van der Waals surface area contributed by atoms with E-state index in [1.807, 2.05) is 24.4 Å². The third-order valence-corrected chi connectivity index (χ3v) is 6.52. The van der Waals surface area contributed by atoms with Crippen molar-refractivity contribution in [3.63, 3.8) is 0 Å². The second-order valence-corrected chi connectivity index (χ2v) is 7.91. The summed E-state index contributed by atoms with van der Waals surface area (Å²) in [7, 11) is -0.467. The highest BCUT2D eigenvalue weighted by atomic mass is 35.5. The molecule has 0 fully saturated rings. The van der Waals surface area contributed by atoms with E-state index in [1.54, 1.807) is 25.4 Å². The van der Waals surface area contributed by atoms with Crippen LogP contribution in [0.2, 0.25) is 5.15 Å². The number of nitrogens with zero attached hydrogens (tertiary/aromatic N) is 3. The first-order valence-corrected chi connectivity index (χ1v) is 8.71. The number of halogens is 1. The number of aromatic nitrogens is 2. The average molecular weight is 334 g/mol. The average Bonchev–Trinajstić information content (AvgIpc) is 3.00. The first kappa shape index (κ1) is 15.5. The van der Waals surface area contributed by atoms with Gasteiger partial charge in [-0.25, -0.2) is 13.4 Å². The molecule has 5 nitrogen and oxygen atoms in total. The molecule has 0 bridgehead atoms. The standard InChI is InChI=1S/C12H16ClN3O2S2/c1-9(7-10-5-4-6-19-10)16(3)20(17,18)12-11(13)15(2)8-14-12/h4-6,8-9H,7H2,1-3H3. The number of rotatable bonds is 5. The van der Waals surface area contributed by atoms with Crippen LogP contribution in [0.5, 0.6) is 0 Å². The summed E-state index contributed by atoms with van der Waals surface area (Å²) < 4.78 is 27.8. The van der Waals surface area contributed by atoms with Crippen LogP contribution in [0.3, 0.4) is 0 Å². The summed E-state index contributed by atoms with van der Waals surface area (Å²) in [5.74, 6) is 0. The second kappa shape index (κ2) is 5.85. The monoisotopic (exact) mass is 333 g/mol. The minimum atomic E-state index is -3.68. The molecule has 0 spiro atoms. The molecule has 0 amide bonds. The van der Waals surface area contributed by atoms with E-state index in [-0.39, 0.29) is 16.2 Å². The number of sulfonamides is 1. The zero-order valence-corrected chi connectivity index (χ0v) is 13.8. The quantitative estimate of drug-likeness (QED) is 0.844. The smallest absolute Gasteiger partial charge is 0.263 e. The summed E-state index contributed by atoms with van der Waals surface area (Å²) in [4.78, 5) is 5.04. The SMILES string of the molecule is CC(Cc1cccs1)N(C)S(=O)(=O)c1ncn(C)c1Cl. The molecule has 0 saturated heterocycles. The molecule has 0 aliphatic heterocycles. The summed E-state index contributed by atoms with van der Waals surface area (Å²) in [6.45, 7) is 1.87. The molecule has 110 valence electrons. The molecule has 0 aliphatic carbocycles. The van der Waals surface area contributed by atoms with Crippen LogP contribution in [0.25, 0.3) is 0 Å². The lowest BCUT2D eigenvalue weighted by Gasteiger charge is -2.23. The molecule has 20 heavy (non-hydrogen) atoms. The Kier molecular flexibility index (Phi) is 4.53. The molecule has 0 N–H and O–H groups in total. The predicted molar refractivity (Wildman–Crippen MR) is 80.7 cm³/mol. The van der Waals surface area contributed by atoms with Crippen LogP contribution in [0.1, 0.15) is 11.8 Å². The van der Waals surface area contributed by atoms with Gasteiger partial charge in [-0.15, -0.1) is 11.3 Å². The first-order chi connectivity index (χ1) is 9.34. The number of imidazole rings is 1. The minimum absolute atomic E-state index is 0.0952. The van der Waals surface area contributed by atoms with Crippen molar-refractivity contribution in [1.29, 1.82) is 0 Å². The molecule has 0 aliphatic rings. The molecule has 0 saturated carbocycles. The summed E-state index contributed by atoms with van der Waals surface area (Å²) in [5.41, 5.74) is 0. The summed E-state index contributed by atoms with van der Waals surface area (Å²) in [5, 5.41) is 2.01. The second-order valence-electron chi connectivity index (χ2n) is 4.61. The van der Waals surface area contributed by atoms with Crippen LogP contribution >= 0.6 is 22.9 Å². The van der Waals surface area contributed by atoms with Gasteiger partial charge in [0.15, 0.2) is 0 Å². The number of thiophene rings is 1. The summed E-state index contributed by atoms with van der Waals surface area (Å²) in [6, 6.07) is 3.78. The van der Waals surface area contributed by atoms with Gasteiger partial charge in [0.25, 0.3) is 10.0 Å². The van der Waals surface area contributed by atoms with E-state index in [0.717, 1.165) is 4.88 Å². The number of hydrogen-bond acceptors (Lipinski definition) is 4. The molecule has 2 heterocycles. The minimum Gasteiger partial charge on any atom is -0.324 e. The van der Waals surface area contributed by atoms with Crippen molar-refractivity contribution in [1.82, 2.24) is 13.9 Å². The van der Waals surface area contributed by atoms with E-state index in [4.69, 9.17) is 11.6 Å². The number of likely N-dealkylation sites (N-methyl/N-ethyl adjacent to an activating group) is 1. The van der Waals surface area contributed by atoms with Crippen molar-refractivity contribution in [3.05, 3.63) is 33.9 Å². The highest BCUT2D eigenvalue weighted by Gasteiger charge is 2.30. The van der Waals surface area contributed by atoms with E-state index in [0.29, 0.717) is 6.42 Å². The zero-order valence-electron chi connectivity index (χ0n) is 11.4. The first-order valence-electron chi connectivity index (χ1n) is 6.01. The molecule has 2 aromatic rings. The molecule has 2 rings (SSSR count). The maximum Gasteiger partial charge on any atom is 0.263 e. The zero-order chi connectivity index (χ0) is 14.9. The van der Waals surface area contributed by atoms with Gasteiger partial charge in [0.05, 0.1) is 6.33 Å². The maximum absolute atomic E-state index is 12.5.